The van der Waals surface area contributed by atoms with Crippen LogP contribution < -0.4 is 4.90 Å². The van der Waals surface area contributed by atoms with Gasteiger partial charge in [0.25, 0.3) is 0 Å². The fourth-order valence-electron chi connectivity index (χ4n) is 1.74. The lowest BCUT2D eigenvalue weighted by Gasteiger charge is -2.19. The molecule has 1 heterocycles. The largest absolute Gasteiger partial charge is 0.355 e. The van der Waals surface area contributed by atoms with Gasteiger partial charge in [0.15, 0.2) is 0 Å². The molecule has 19 heavy (non-hydrogen) atoms. The van der Waals surface area contributed by atoms with Gasteiger partial charge in [-0.05, 0) is 17.7 Å². The molecular weight excluding hydrogens is 286 g/mol. The summed E-state index contributed by atoms with van der Waals surface area (Å²) in [6, 6.07) is 8.50. The molecule has 0 aliphatic rings. The Kier molecular flexibility index (Phi) is 4.61. The Hall–Kier alpha value is -1.32. The van der Waals surface area contributed by atoms with Crippen LogP contribution in [-0.4, -0.2) is 12.0 Å². The third kappa shape index (κ3) is 3.37. The number of hydrogen-bond acceptors (Lipinski definition) is 2. The van der Waals surface area contributed by atoms with E-state index in [9.17, 15) is 4.39 Å². The second-order valence-corrected chi connectivity index (χ2v) is 4.89. The molecule has 0 fully saturated rings. The van der Waals surface area contributed by atoms with Gasteiger partial charge in [-0.15, -0.1) is 11.6 Å². The summed E-state index contributed by atoms with van der Waals surface area (Å²) >= 11 is 11.8. The second-order valence-electron chi connectivity index (χ2n) is 4.22. The van der Waals surface area contributed by atoms with Gasteiger partial charge in [0, 0.05) is 31.2 Å². The fraction of sp³-hybridized carbons (Fsp3) is 0.214. The zero-order valence-corrected chi connectivity index (χ0v) is 11.9. The Morgan fingerprint density at radius 2 is 2.00 bits per heavy atom. The number of rotatable bonds is 4. The number of halogens is 3. The monoisotopic (exact) mass is 298 g/mol. The highest BCUT2D eigenvalue weighted by Crippen LogP contribution is 2.22. The molecule has 1 aromatic heterocycles. The van der Waals surface area contributed by atoms with Crippen LogP contribution in [0.2, 0.25) is 5.02 Å². The van der Waals surface area contributed by atoms with Gasteiger partial charge in [0.1, 0.15) is 11.6 Å². The van der Waals surface area contributed by atoms with E-state index in [-0.39, 0.29) is 5.82 Å². The van der Waals surface area contributed by atoms with Crippen LogP contribution in [0.25, 0.3) is 0 Å². The number of pyridine rings is 1. The summed E-state index contributed by atoms with van der Waals surface area (Å²) in [5.74, 6) is 0.811. The van der Waals surface area contributed by atoms with Crippen molar-refractivity contribution in [2.24, 2.45) is 0 Å². The Balaban J connectivity index is 2.20. The zero-order valence-electron chi connectivity index (χ0n) is 10.4. The van der Waals surface area contributed by atoms with E-state index in [1.54, 1.807) is 18.3 Å². The van der Waals surface area contributed by atoms with Gasteiger partial charge in [0.2, 0.25) is 0 Å². The average Bonchev–Trinajstić information content (AvgIpc) is 2.42. The molecule has 0 atom stereocenters. The first-order chi connectivity index (χ1) is 9.11. The first-order valence-corrected chi connectivity index (χ1v) is 6.68. The van der Waals surface area contributed by atoms with Crippen molar-refractivity contribution in [3.8, 4) is 0 Å². The maximum absolute atomic E-state index is 13.6. The summed E-state index contributed by atoms with van der Waals surface area (Å²) in [6.45, 7) is 0.434. The Labute approximate surface area is 121 Å². The Morgan fingerprint density at radius 3 is 2.68 bits per heavy atom. The van der Waals surface area contributed by atoms with Crippen molar-refractivity contribution >= 4 is 29.0 Å². The van der Waals surface area contributed by atoms with Crippen LogP contribution in [0.5, 0.6) is 0 Å². The van der Waals surface area contributed by atoms with Gasteiger partial charge in [-0.25, -0.2) is 9.37 Å². The van der Waals surface area contributed by atoms with Crippen LogP contribution in [0.4, 0.5) is 10.2 Å². The molecule has 0 aliphatic heterocycles. The molecule has 0 unspecified atom stereocenters. The molecule has 0 saturated heterocycles. The highest BCUT2D eigenvalue weighted by Gasteiger charge is 2.09. The van der Waals surface area contributed by atoms with Crippen molar-refractivity contribution in [1.82, 2.24) is 4.98 Å². The second kappa shape index (κ2) is 6.22. The lowest BCUT2D eigenvalue weighted by atomic mass is 10.2. The SMILES string of the molecule is CN(Cc1ccccc1F)c1cc(CCl)c(Cl)cn1. The fourth-order valence-corrected chi connectivity index (χ4v) is 2.20. The molecule has 0 spiro atoms. The molecule has 0 saturated carbocycles. The predicted octanol–water partition coefficient (Wildman–Crippen LogP) is 4.25. The molecule has 2 aromatic rings. The van der Waals surface area contributed by atoms with E-state index in [0.29, 0.717) is 28.8 Å². The molecule has 0 bridgehead atoms. The Morgan fingerprint density at radius 1 is 1.26 bits per heavy atom. The molecule has 2 rings (SSSR count). The maximum atomic E-state index is 13.6. The lowest BCUT2D eigenvalue weighted by Crippen LogP contribution is -2.18. The topological polar surface area (TPSA) is 16.1 Å². The number of nitrogens with zero attached hydrogens (tertiary/aromatic N) is 2. The molecule has 0 N–H and O–H groups in total. The highest BCUT2D eigenvalue weighted by atomic mass is 35.5. The van der Waals surface area contributed by atoms with Crippen LogP contribution in [-0.2, 0) is 12.4 Å². The summed E-state index contributed by atoms with van der Waals surface area (Å²) in [4.78, 5) is 6.08. The maximum Gasteiger partial charge on any atom is 0.128 e. The van der Waals surface area contributed by atoms with Crippen molar-refractivity contribution in [3.63, 3.8) is 0 Å². The van der Waals surface area contributed by atoms with Crippen molar-refractivity contribution in [2.45, 2.75) is 12.4 Å². The Bertz CT molecular complexity index is 575. The summed E-state index contributed by atoms with van der Waals surface area (Å²) in [6.07, 6.45) is 1.56. The van der Waals surface area contributed by atoms with E-state index in [2.05, 4.69) is 4.98 Å². The third-order valence-corrected chi connectivity index (χ3v) is 3.45. The molecular formula is C14H13Cl2FN2. The molecule has 2 nitrogen and oxygen atoms in total. The summed E-state index contributed by atoms with van der Waals surface area (Å²) in [5, 5.41) is 0.540. The molecule has 1 aromatic carbocycles. The average molecular weight is 299 g/mol. The minimum absolute atomic E-state index is 0.221. The van der Waals surface area contributed by atoms with E-state index >= 15 is 0 Å². The van der Waals surface area contributed by atoms with Crippen LogP contribution in [0.3, 0.4) is 0 Å². The van der Waals surface area contributed by atoms with Crippen molar-refractivity contribution in [2.75, 3.05) is 11.9 Å². The van der Waals surface area contributed by atoms with Crippen molar-refractivity contribution in [3.05, 3.63) is 58.5 Å². The van der Waals surface area contributed by atoms with Gasteiger partial charge in [-0.1, -0.05) is 29.8 Å². The van der Waals surface area contributed by atoms with Gasteiger partial charge in [-0.2, -0.15) is 0 Å². The summed E-state index contributed by atoms with van der Waals surface area (Å²) in [5.41, 5.74) is 1.43. The van der Waals surface area contributed by atoms with Crippen molar-refractivity contribution in [1.29, 1.82) is 0 Å². The summed E-state index contributed by atoms with van der Waals surface area (Å²) < 4.78 is 13.6. The molecule has 0 radical (unpaired) electrons. The third-order valence-electron chi connectivity index (χ3n) is 2.82. The standard InChI is InChI=1S/C14H13Cl2FN2/c1-19(9-10-4-2-3-5-13(10)17)14-6-11(7-15)12(16)8-18-14/h2-6,8H,7,9H2,1H3. The summed E-state index contributed by atoms with van der Waals surface area (Å²) in [7, 11) is 1.85. The number of aromatic nitrogens is 1. The van der Waals surface area contributed by atoms with E-state index in [0.717, 1.165) is 5.56 Å². The van der Waals surface area contributed by atoms with E-state index in [4.69, 9.17) is 23.2 Å². The van der Waals surface area contributed by atoms with Crippen LogP contribution in [0.15, 0.2) is 36.5 Å². The first kappa shape index (κ1) is 14.1. The molecule has 0 amide bonds. The zero-order chi connectivity index (χ0) is 13.8. The van der Waals surface area contributed by atoms with Gasteiger partial charge in [-0.3, -0.25) is 0 Å². The highest BCUT2D eigenvalue weighted by molar-refractivity contribution is 6.32. The van der Waals surface area contributed by atoms with E-state index in [1.165, 1.54) is 6.07 Å². The molecule has 0 aliphatic carbocycles. The molecule has 100 valence electrons. The quantitative estimate of drug-likeness (QED) is 0.785. The van der Waals surface area contributed by atoms with E-state index in [1.807, 2.05) is 24.1 Å². The van der Waals surface area contributed by atoms with Crippen LogP contribution >= 0.6 is 23.2 Å². The number of benzene rings is 1. The lowest BCUT2D eigenvalue weighted by molar-refractivity contribution is 0.607. The first-order valence-electron chi connectivity index (χ1n) is 5.76. The number of hydrogen-bond donors (Lipinski definition) is 0. The normalized spacial score (nSPS) is 10.5. The van der Waals surface area contributed by atoms with Crippen LogP contribution in [0.1, 0.15) is 11.1 Å². The van der Waals surface area contributed by atoms with E-state index < -0.39 is 0 Å². The number of anilines is 1. The van der Waals surface area contributed by atoms with Crippen LogP contribution in [0, 0.1) is 5.82 Å². The smallest absolute Gasteiger partial charge is 0.128 e. The molecule has 5 heteroatoms. The van der Waals surface area contributed by atoms with Gasteiger partial charge in [0.05, 0.1) is 5.02 Å². The minimum atomic E-state index is -0.221. The number of alkyl halides is 1. The van der Waals surface area contributed by atoms with Crippen molar-refractivity contribution < 1.29 is 4.39 Å². The van der Waals surface area contributed by atoms with Gasteiger partial charge < -0.3 is 4.90 Å². The minimum Gasteiger partial charge on any atom is -0.355 e. The predicted molar refractivity (Wildman–Crippen MR) is 77.3 cm³/mol. The van der Waals surface area contributed by atoms with Gasteiger partial charge >= 0.3 is 0 Å².